The van der Waals surface area contributed by atoms with E-state index in [-0.39, 0.29) is 11.9 Å². The maximum absolute atomic E-state index is 12.3. The van der Waals surface area contributed by atoms with Gasteiger partial charge in [-0.3, -0.25) is 14.9 Å². The van der Waals surface area contributed by atoms with E-state index < -0.39 is 17.5 Å². The van der Waals surface area contributed by atoms with Crippen LogP contribution in [0.15, 0.2) is 24.3 Å². The molecule has 2 unspecified atom stereocenters. The number of hydrogen-bond donors (Lipinski definition) is 3. The Hall–Kier alpha value is -2.41. The number of nitrogens with two attached hydrogens (primary N) is 1. The molecule has 4 N–H and O–H groups in total. The lowest BCUT2D eigenvalue weighted by Crippen LogP contribution is -2.41. The molecule has 1 aliphatic rings. The van der Waals surface area contributed by atoms with Crippen LogP contribution in [0.1, 0.15) is 29.8 Å². The molecule has 0 saturated carbocycles. The van der Waals surface area contributed by atoms with Crippen molar-refractivity contribution in [3.63, 3.8) is 0 Å². The number of benzene rings is 1. The monoisotopic (exact) mass is 304 g/mol. The van der Waals surface area contributed by atoms with Gasteiger partial charge in [0.2, 0.25) is 0 Å². The van der Waals surface area contributed by atoms with E-state index in [4.69, 9.17) is 5.73 Å². The molecule has 7 heteroatoms. The number of likely N-dealkylation sites (N-methyl/N-ethyl adjacent to an activating group) is 1. The summed E-state index contributed by atoms with van der Waals surface area (Å²) in [7, 11) is 1.69. The highest BCUT2D eigenvalue weighted by molar-refractivity contribution is 6.07. The zero-order valence-electron chi connectivity index (χ0n) is 12.8. The number of rotatable bonds is 4. The van der Waals surface area contributed by atoms with Crippen molar-refractivity contribution >= 4 is 17.8 Å². The molecule has 0 bridgehead atoms. The van der Waals surface area contributed by atoms with Crippen LogP contribution in [-0.4, -0.2) is 42.4 Å². The first-order valence-electron chi connectivity index (χ1n) is 7.01. The molecular formula is C15H20N4O3. The normalized spacial score (nSPS) is 22.0. The fourth-order valence-electron chi connectivity index (χ4n) is 2.25. The van der Waals surface area contributed by atoms with Crippen molar-refractivity contribution in [2.24, 2.45) is 5.73 Å². The molecule has 7 nitrogen and oxygen atoms in total. The Morgan fingerprint density at radius 1 is 1.32 bits per heavy atom. The number of amides is 4. The van der Waals surface area contributed by atoms with Crippen LogP contribution >= 0.6 is 0 Å². The summed E-state index contributed by atoms with van der Waals surface area (Å²) in [6.45, 7) is 3.86. The predicted octanol–water partition coefficient (Wildman–Crippen LogP) is 0.160. The summed E-state index contributed by atoms with van der Waals surface area (Å²) in [5.41, 5.74) is 5.56. The van der Waals surface area contributed by atoms with Gasteiger partial charge in [0.1, 0.15) is 5.54 Å². The summed E-state index contributed by atoms with van der Waals surface area (Å²) in [5, 5.41) is 4.79. The van der Waals surface area contributed by atoms with Gasteiger partial charge in [0.25, 0.3) is 11.8 Å². The summed E-state index contributed by atoms with van der Waals surface area (Å²) in [6, 6.07) is 6.02. The number of nitrogens with zero attached hydrogens (tertiary/aromatic N) is 1. The molecule has 1 saturated heterocycles. The fourth-order valence-corrected chi connectivity index (χ4v) is 2.25. The van der Waals surface area contributed by atoms with Crippen molar-refractivity contribution in [3.05, 3.63) is 35.4 Å². The molecule has 4 amide bonds. The smallest absolute Gasteiger partial charge is 0.322 e. The quantitative estimate of drug-likeness (QED) is 0.689. The molecule has 1 aromatic rings. The van der Waals surface area contributed by atoms with Crippen LogP contribution in [0.3, 0.4) is 0 Å². The summed E-state index contributed by atoms with van der Waals surface area (Å²) in [4.78, 5) is 37.0. The lowest BCUT2D eigenvalue weighted by atomic mass is 9.91. The van der Waals surface area contributed by atoms with E-state index in [1.165, 1.54) is 0 Å². The number of nitrogens with one attached hydrogen (secondary N) is 2. The average Bonchev–Trinajstić information content (AvgIpc) is 2.78. The van der Waals surface area contributed by atoms with Crippen molar-refractivity contribution in [3.8, 4) is 0 Å². The standard InChI is InChI=1S/C15H20N4O3/c1-9(8-16)19(3)12(20)10-4-6-11(7-5-10)15(2)13(21)17-14(22)18-15/h4-7,9H,8,16H2,1-3H3,(H2,17,18,21,22). The largest absolute Gasteiger partial charge is 0.338 e. The van der Waals surface area contributed by atoms with Gasteiger partial charge in [-0.15, -0.1) is 0 Å². The summed E-state index contributed by atoms with van der Waals surface area (Å²) in [6.07, 6.45) is 0. The van der Waals surface area contributed by atoms with Gasteiger partial charge in [-0.25, -0.2) is 4.79 Å². The van der Waals surface area contributed by atoms with E-state index in [1.54, 1.807) is 43.1 Å². The van der Waals surface area contributed by atoms with Gasteiger partial charge in [0.15, 0.2) is 0 Å². The summed E-state index contributed by atoms with van der Waals surface area (Å²) in [5.74, 6) is -0.556. The molecule has 22 heavy (non-hydrogen) atoms. The van der Waals surface area contributed by atoms with E-state index in [9.17, 15) is 14.4 Å². The molecule has 0 aliphatic carbocycles. The Morgan fingerprint density at radius 3 is 2.36 bits per heavy atom. The molecule has 1 fully saturated rings. The van der Waals surface area contributed by atoms with Crippen LogP contribution in [0.5, 0.6) is 0 Å². The van der Waals surface area contributed by atoms with Crippen LogP contribution in [0.25, 0.3) is 0 Å². The first-order valence-corrected chi connectivity index (χ1v) is 7.01. The highest BCUT2D eigenvalue weighted by Crippen LogP contribution is 2.24. The lowest BCUT2D eigenvalue weighted by Gasteiger charge is -2.24. The van der Waals surface area contributed by atoms with E-state index in [0.29, 0.717) is 17.7 Å². The molecule has 2 atom stereocenters. The Morgan fingerprint density at radius 2 is 1.91 bits per heavy atom. The first-order chi connectivity index (χ1) is 10.3. The van der Waals surface area contributed by atoms with Gasteiger partial charge in [-0.2, -0.15) is 0 Å². The topological polar surface area (TPSA) is 105 Å². The van der Waals surface area contributed by atoms with E-state index >= 15 is 0 Å². The van der Waals surface area contributed by atoms with Gasteiger partial charge < -0.3 is 16.0 Å². The molecule has 1 aromatic carbocycles. The van der Waals surface area contributed by atoms with Crippen LogP contribution in [-0.2, 0) is 10.3 Å². The molecule has 0 aromatic heterocycles. The SMILES string of the molecule is CC(CN)N(C)C(=O)c1ccc(C2(C)NC(=O)NC2=O)cc1. The van der Waals surface area contributed by atoms with Gasteiger partial charge in [-0.1, -0.05) is 12.1 Å². The minimum Gasteiger partial charge on any atom is -0.338 e. The number of urea groups is 1. The maximum atomic E-state index is 12.3. The molecule has 1 heterocycles. The van der Waals surface area contributed by atoms with Crippen LogP contribution < -0.4 is 16.4 Å². The van der Waals surface area contributed by atoms with Crippen LogP contribution in [0.4, 0.5) is 4.79 Å². The van der Waals surface area contributed by atoms with Crippen molar-refractivity contribution < 1.29 is 14.4 Å². The average molecular weight is 304 g/mol. The van der Waals surface area contributed by atoms with E-state index in [2.05, 4.69) is 10.6 Å². The zero-order valence-corrected chi connectivity index (χ0v) is 12.8. The van der Waals surface area contributed by atoms with Crippen LogP contribution in [0.2, 0.25) is 0 Å². The Balaban J connectivity index is 2.23. The highest BCUT2D eigenvalue weighted by atomic mass is 16.2. The minimum atomic E-state index is -1.12. The minimum absolute atomic E-state index is 0.0652. The predicted molar refractivity (Wildman–Crippen MR) is 81.1 cm³/mol. The van der Waals surface area contributed by atoms with Crippen molar-refractivity contribution in [2.75, 3.05) is 13.6 Å². The van der Waals surface area contributed by atoms with Crippen LogP contribution in [0, 0.1) is 0 Å². The van der Waals surface area contributed by atoms with Gasteiger partial charge in [0, 0.05) is 25.2 Å². The van der Waals surface area contributed by atoms with Gasteiger partial charge >= 0.3 is 6.03 Å². The lowest BCUT2D eigenvalue weighted by molar-refractivity contribution is -0.123. The van der Waals surface area contributed by atoms with Crippen molar-refractivity contribution in [1.82, 2.24) is 15.5 Å². The number of carbonyl (C=O) groups excluding carboxylic acids is 3. The van der Waals surface area contributed by atoms with E-state index in [1.807, 2.05) is 6.92 Å². The number of hydrogen-bond acceptors (Lipinski definition) is 4. The summed E-state index contributed by atoms with van der Waals surface area (Å²) < 4.78 is 0. The van der Waals surface area contributed by atoms with Crippen molar-refractivity contribution in [2.45, 2.75) is 25.4 Å². The van der Waals surface area contributed by atoms with Crippen molar-refractivity contribution in [1.29, 1.82) is 0 Å². The van der Waals surface area contributed by atoms with E-state index in [0.717, 1.165) is 0 Å². The Kier molecular flexibility index (Phi) is 4.18. The molecule has 2 rings (SSSR count). The molecular weight excluding hydrogens is 284 g/mol. The van der Waals surface area contributed by atoms with Gasteiger partial charge in [-0.05, 0) is 31.5 Å². The zero-order chi connectivity index (χ0) is 16.5. The third-order valence-electron chi connectivity index (χ3n) is 4.08. The first kappa shape index (κ1) is 16.0. The van der Waals surface area contributed by atoms with Gasteiger partial charge in [0.05, 0.1) is 0 Å². The highest BCUT2D eigenvalue weighted by Gasteiger charge is 2.43. The molecule has 0 radical (unpaired) electrons. The molecule has 1 aliphatic heterocycles. The third-order valence-corrected chi connectivity index (χ3v) is 4.08. The number of carbonyl (C=O) groups is 3. The second-order valence-electron chi connectivity index (χ2n) is 5.61. The fraction of sp³-hybridized carbons (Fsp3) is 0.400. The maximum Gasteiger partial charge on any atom is 0.322 e. The Bertz CT molecular complexity index is 614. The third kappa shape index (κ3) is 2.67. The Labute approximate surface area is 128 Å². The second-order valence-corrected chi connectivity index (χ2v) is 5.61. The number of imide groups is 1. The summed E-state index contributed by atoms with van der Waals surface area (Å²) >= 11 is 0. The second kappa shape index (κ2) is 5.76. The molecule has 118 valence electrons. The molecule has 0 spiro atoms.